The highest BCUT2D eigenvalue weighted by Gasteiger charge is 2.54. The zero-order chi connectivity index (χ0) is 17.0. The quantitative estimate of drug-likeness (QED) is 0.798. The van der Waals surface area contributed by atoms with E-state index in [0.717, 1.165) is 6.07 Å². The molecule has 1 fully saturated rings. The van der Waals surface area contributed by atoms with E-state index in [0.29, 0.717) is 12.8 Å². The van der Waals surface area contributed by atoms with Gasteiger partial charge in [-0.15, -0.1) is 0 Å². The summed E-state index contributed by atoms with van der Waals surface area (Å²) in [7, 11) is 0. The lowest BCUT2D eigenvalue weighted by Gasteiger charge is -2.18. The number of benzene rings is 1. The molecule has 1 amide bonds. The van der Waals surface area contributed by atoms with Gasteiger partial charge < -0.3 is 14.2 Å². The first-order chi connectivity index (χ1) is 10.9. The van der Waals surface area contributed by atoms with Crippen LogP contribution in [0.1, 0.15) is 26.7 Å². The van der Waals surface area contributed by atoms with Crippen molar-refractivity contribution in [3.05, 3.63) is 23.0 Å². The maximum Gasteiger partial charge on any atom is 0.411 e. The molecule has 1 saturated carbocycles. The fraction of sp³-hybridized carbons (Fsp3) is 0.467. The van der Waals surface area contributed by atoms with Crippen LogP contribution in [0, 0.1) is 5.82 Å². The van der Waals surface area contributed by atoms with Gasteiger partial charge in [0.05, 0.1) is 23.9 Å². The summed E-state index contributed by atoms with van der Waals surface area (Å²) < 4.78 is 29.1. The minimum atomic E-state index is -1.08. The second kappa shape index (κ2) is 7.04. The molecule has 126 valence electrons. The number of hydrogen-bond donors (Lipinski definition) is 1. The molecule has 1 aromatic rings. The number of halogens is 2. The van der Waals surface area contributed by atoms with Crippen LogP contribution in [0.5, 0.6) is 5.75 Å². The largest absolute Gasteiger partial charge is 0.474 e. The predicted octanol–water partition coefficient (Wildman–Crippen LogP) is 3.52. The van der Waals surface area contributed by atoms with Crippen molar-refractivity contribution in [2.24, 2.45) is 0 Å². The number of amides is 1. The summed E-state index contributed by atoms with van der Waals surface area (Å²) in [4.78, 5) is 23.3. The molecule has 0 bridgehead atoms. The summed E-state index contributed by atoms with van der Waals surface area (Å²) in [6.45, 7) is 3.70. The number of rotatable bonds is 6. The van der Waals surface area contributed by atoms with Gasteiger partial charge in [0.2, 0.25) is 5.60 Å². The Kier molecular flexibility index (Phi) is 5.30. The summed E-state index contributed by atoms with van der Waals surface area (Å²) >= 11 is 5.95. The number of esters is 1. The summed E-state index contributed by atoms with van der Waals surface area (Å²) in [5.74, 6) is -1.14. The van der Waals surface area contributed by atoms with Crippen LogP contribution in [0.15, 0.2) is 12.1 Å². The first-order valence-corrected chi connectivity index (χ1v) is 7.58. The molecule has 6 nitrogen and oxygen atoms in total. The Morgan fingerprint density at radius 3 is 2.48 bits per heavy atom. The van der Waals surface area contributed by atoms with Crippen LogP contribution in [0.4, 0.5) is 14.9 Å². The Morgan fingerprint density at radius 1 is 1.26 bits per heavy atom. The van der Waals surface area contributed by atoms with Crippen molar-refractivity contribution in [1.29, 1.82) is 0 Å². The fourth-order valence-corrected chi connectivity index (χ4v) is 2.10. The van der Waals surface area contributed by atoms with Gasteiger partial charge in [-0.2, -0.15) is 0 Å². The molecule has 0 spiro atoms. The lowest BCUT2D eigenvalue weighted by molar-refractivity contribution is -0.153. The van der Waals surface area contributed by atoms with Gasteiger partial charge >= 0.3 is 12.1 Å². The van der Waals surface area contributed by atoms with E-state index in [1.165, 1.54) is 6.07 Å². The summed E-state index contributed by atoms with van der Waals surface area (Å²) in [5, 5.41) is 2.24. The zero-order valence-electron chi connectivity index (χ0n) is 12.8. The second-order valence-electron chi connectivity index (χ2n) is 4.92. The third-order valence-corrected chi connectivity index (χ3v) is 3.49. The molecule has 1 aliphatic rings. The monoisotopic (exact) mass is 345 g/mol. The molecule has 0 atom stereocenters. The Balaban J connectivity index is 2.19. The molecule has 23 heavy (non-hydrogen) atoms. The van der Waals surface area contributed by atoms with Crippen LogP contribution in [-0.4, -0.2) is 30.9 Å². The minimum Gasteiger partial charge on any atom is -0.474 e. The molecule has 2 rings (SSSR count). The number of anilines is 1. The number of carbonyl (C=O) groups is 2. The third kappa shape index (κ3) is 4.04. The van der Waals surface area contributed by atoms with E-state index < -0.39 is 23.5 Å². The van der Waals surface area contributed by atoms with Crippen molar-refractivity contribution >= 4 is 29.4 Å². The molecule has 1 N–H and O–H groups in total. The summed E-state index contributed by atoms with van der Waals surface area (Å²) in [6.07, 6.45) is 0.173. The van der Waals surface area contributed by atoms with Gasteiger partial charge in [-0.05, 0) is 19.9 Å². The molecule has 8 heteroatoms. The highest BCUT2D eigenvalue weighted by atomic mass is 35.5. The summed E-state index contributed by atoms with van der Waals surface area (Å²) in [6, 6.07) is 2.22. The number of ether oxygens (including phenoxy) is 3. The molecule has 1 aliphatic carbocycles. The van der Waals surface area contributed by atoms with E-state index >= 15 is 0 Å². The molecule has 0 saturated heterocycles. The normalized spacial score (nSPS) is 14.8. The van der Waals surface area contributed by atoms with E-state index in [-0.39, 0.29) is 29.7 Å². The lowest BCUT2D eigenvalue weighted by Crippen LogP contribution is -2.31. The topological polar surface area (TPSA) is 73.9 Å². The van der Waals surface area contributed by atoms with E-state index in [2.05, 4.69) is 10.1 Å². The van der Waals surface area contributed by atoms with Crippen LogP contribution in [0.3, 0.4) is 0 Å². The Labute approximate surface area is 137 Å². The molecular formula is C15H17ClFNO5. The number of nitrogens with one attached hydrogen (secondary N) is 1. The molecule has 0 aromatic heterocycles. The second-order valence-corrected chi connectivity index (χ2v) is 5.33. The maximum absolute atomic E-state index is 13.9. The van der Waals surface area contributed by atoms with E-state index in [4.69, 9.17) is 21.1 Å². The Morgan fingerprint density at radius 2 is 1.91 bits per heavy atom. The Bertz CT molecular complexity index is 618. The first kappa shape index (κ1) is 17.3. The predicted molar refractivity (Wildman–Crippen MR) is 81.3 cm³/mol. The third-order valence-electron chi connectivity index (χ3n) is 3.19. The van der Waals surface area contributed by atoms with Crippen molar-refractivity contribution in [3.8, 4) is 5.75 Å². The fourth-order valence-electron chi connectivity index (χ4n) is 1.91. The Hall–Kier alpha value is -2.02. The van der Waals surface area contributed by atoms with Crippen molar-refractivity contribution in [2.75, 3.05) is 18.5 Å². The lowest BCUT2D eigenvalue weighted by atomic mass is 10.2. The number of hydrogen-bond acceptors (Lipinski definition) is 5. The first-order valence-electron chi connectivity index (χ1n) is 7.21. The van der Waals surface area contributed by atoms with Crippen LogP contribution in [0.25, 0.3) is 0 Å². The van der Waals surface area contributed by atoms with Crippen molar-refractivity contribution < 1.29 is 28.2 Å². The van der Waals surface area contributed by atoms with Crippen LogP contribution in [0.2, 0.25) is 5.02 Å². The highest BCUT2D eigenvalue weighted by molar-refractivity contribution is 6.32. The maximum atomic E-state index is 13.9. The highest BCUT2D eigenvalue weighted by Crippen LogP contribution is 2.44. The molecule has 0 aliphatic heterocycles. The van der Waals surface area contributed by atoms with Gasteiger partial charge in [-0.1, -0.05) is 11.6 Å². The van der Waals surface area contributed by atoms with Gasteiger partial charge in [-0.3, -0.25) is 5.32 Å². The molecule has 1 aromatic carbocycles. The molecular weight excluding hydrogens is 329 g/mol. The van der Waals surface area contributed by atoms with Crippen molar-refractivity contribution in [2.45, 2.75) is 32.3 Å². The standard InChI is InChI=1S/C15H17ClFNO5/c1-3-21-13(19)15(5-6-15)23-12-8-11(10(17)7-9(12)16)18-14(20)22-4-2/h7-8H,3-6H2,1-2H3,(H,18,20). The van der Waals surface area contributed by atoms with Gasteiger partial charge in [0.1, 0.15) is 11.6 Å². The average Bonchev–Trinajstić information content (AvgIpc) is 3.25. The van der Waals surface area contributed by atoms with E-state index in [1.54, 1.807) is 13.8 Å². The number of carbonyl (C=O) groups excluding carboxylic acids is 2. The SMILES string of the molecule is CCOC(=O)Nc1cc(OC2(C(=O)OCC)CC2)c(Cl)cc1F. The van der Waals surface area contributed by atoms with Gasteiger partial charge in [0, 0.05) is 18.9 Å². The van der Waals surface area contributed by atoms with Crippen LogP contribution >= 0.6 is 11.6 Å². The summed E-state index contributed by atoms with van der Waals surface area (Å²) in [5.41, 5.74) is -1.24. The van der Waals surface area contributed by atoms with Crippen molar-refractivity contribution in [3.63, 3.8) is 0 Å². The van der Waals surface area contributed by atoms with Crippen LogP contribution in [-0.2, 0) is 14.3 Å². The smallest absolute Gasteiger partial charge is 0.411 e. The van der Waals surface area contributed by atoms with Crippen molar-refractivity contribution in [1.82, 2.24) is 0 Å². The van der Waals surface area contributed by atoms with Gasteiger partial charge in [0.25, 0.3) is 0 Å². The average molecular weight is 346 g/mol. The van der Waals surface area contributed by atoms with E-state index in [1.807, 2.05) is 0 Å². The van der Waals surface area contributed by atoms with E-state index in [9.17, 15) is 14.0 Å². The van der Waals surface area contributed by atoms with Gasteiger partial charge in [0.15, 0.2) is 0 Å². The molecule has 0 radical (unpaired) electrons. The molecule has 0 heterocycles. The van der Waals surface area contributed by atoms with Gasteiger partial charge in [-0.25, -0.2) is 14.0 Å². The minimum absolute atomic E-state index is 0.00696. The van der Waals surface area contributed by atoms with Crippen LogP contribution < -0.4 is 10.1 Å². The molecule has 0 unspecified atom stereocenters. The zero-order valence-corrected chi connectivity index (χ0v) is 13.5.